The zero-order valence-corrected chi connectivity index (χ0v) is 11.6. The highest BCUT2D eigenvalue weighted by atomic mass is 35.5. The zero-order chi connectivity index (χ0) is 12.3. The fourth-order valence-electron chi connectivity index (χ4n) is 1.16. The number of nitrogens with zero attached hydrogens (tertiary/aromatic N) is 2. The van der Waals surface area contributed by atoms with Crippen LogP contribution in [0.4, 0.5) is 0 Å². The molecule has 2 heterocycles. The SMILES string of the molecule is O=C(NCCc1ccc(Cl)s1)c1nnc(Cl)s1. The maximum atomic E-state index is 11.6. The van der Waals surface area contributed by atoms with Crippen LogP contribution in [0.25, 0.3) is 0 Å². The average Bonchev–Trinajstić information content (AvgIpc) is 2.88. The van der Waals surface area contributed by atoms with Gasteiger partial charge < -0.3 is 5.32 Å². The molecule has 0 radical (unpaired) electrons. The number of amides is 1. The highest BCUT2D eigenvalue weighted by Crippen LogP contribution is 2.21. The Morgan fingerprint density at radius 1 is 1.29 bits per heavy atom. The van der Waals surface area contributed by atoms with E-state index in [2.05, 4.69) is 15.5 Å². The van der Waals surface area contributed by atoms with Gasteiger partial charge >= 0.3 is 0 Å². The van der Waals surface area contributed by atoms with Crippen molar-refractivity contribution in [3.05, 3.63) is 30.8 Å². The third kappa shape index (κ3) is 3.64. The molecule has 2 aromatic heterocycles. The summed E-state index contributed by atoms with van der Waals surface area (Å²) in [5.74, 6) is -0.253. The lowest BCUT2D eigenvalue weighted by molar-refractivity contribution is 0.0953. The quantitative estimate of drug-likeness (QED) is 0.945. The fraction of sp³-hybridized carbons (Fsp3) is 0.222. The summed E-state index contributed by atoms with van der Waals surface area (Å²) in [6.07, 6.45) is 0.746. The highest BCUT2D eigenvalue weighted by Gasteiger charge is 2.11. The lowest BCUT2D eigenvalue weighted by Gasteiger charge is -2.00. The molecule has 0 atom stereocenters. The first kappa shape index (κ1) is 12.8. The summed E-state index contributed by atoms with van der Waals surface area (Å²) in [6, 6.07) is 3.79. The number of carbonyl (C=O) groups is 1. The van der Waals surface area contributed by atoms with Gasteiger partial charge in [0, 0.05) is 11.4 Å². The van der Waals surface area contributed by atoms with Gasteiger partial charge in [0.25, 0.3) is 5.91 Å². The van der Waals surface area contributed by atoms with Crippen LogP contribution in [0.5, 0.6) is 0 Å². The van der Waals surface area contributed by atoms with Gasteiger partial charge in [-0.05, 0) is 30.2 Å². The molecular weight excluding hydrogens is 301 g/mol. The Labute approximate surface area is 116 Å². The number of nitrogens with one attached hydrogen (secondary N) is 1. The summed E-state index contributed by atoms with van der Waals surface area (Å²) in [7, 11) is 0. The Morgan fingerprint density at radius 3 is 2.71 bits per heavy atom. The number of thiophene rings is 1. The molecule has 0 fully saturated rings. The van der Waals surface area contributed by atoms with Crippen LogP contribution in [0.2, 0.25) is 8.80 Å². The van der Waals surface area contributed by atoms with Crippen LogP contribution in [0.1, 0.15) is 14.7 Å². The second-order valence-corrected chi connectivity index (χ2v) is 6.43. The van der Waals surface area contributed by atoms with Gasteiger partial charge in [-0.25, -0.2) is 0 Å². The first-order chi connectivity index (χ1) is 8.15. The summed E-state index contributed by atoms with van der Waals surface area (Å²) in [5, 5.41) is 10.2. The summed E-state index contributed by atoms with van der Waals surface area (Å²) >= 11 is 14.0. The van der Waals surface area contributed by atoms with Crippen molar-refractivity contribution in [1.29, 1.82) is 0 Å². The van der Waals surface area contributed by atoms with Crippen LogP contribution in [0.3, 0.4) is 0 Å². The molecule has 0 saturated heterocycles. The Bertz CT molecular complexity index is 526. The molecule has 0 aliphatic carbocycles. The van der Waals surface area contributed by atoms with Crippen molar-refractivity contribution in [2.45, 2.75) is 6.42 Å². The second kappa shape index (κ2) is 5.77. The fourth-order valence-corrected chi connectivity index (χ4v) is 2.99. The molecule has 0 aliphatic rings. The molecule has 0 aliphatic heterocycles. The summed E-state index contributed by atoms with van der Waals surface area (Å²) < 4.78 is 1.02. The predicted molar refractivity (Wildman–Crippen MR) is 70.3 cm³/mol. The monoisotopic (exact) mass is 307 g/mol. The average molecular weight is 308 g/mol. The molecule has 8 heteroatoms. The van der Waals surface area contributed by atoms with Crippen LogP contribution in [-0.2, 0) is 6.42 Å². The van der Waals surface area contributed by atoms with E-state index in [0.29, 0.717) is 6.54 Å². The minimum absolute atomic E-state index is 0.253. The highest BCUT2D eigenvalue weighted by molar-refractivity contribution is 7.17. The van der Waals surface area contributed by atoms with Crippen LogP contribution in [0.15, 0.2) is 12.1 Å². The third-order valence-electron chi connectivity index (χ3n) is 1.88. The van der Waals surface area contributed by atoms with E-state index in [1.807, 2.05) is 12.1 Å². The summed E-state index contributed by atoms with van der Waals surface area (Å²) in [6.45, 7) is 0.535. The zero-order valence-electron chi connectivity index (χ0n) is 8.44. The molecule has 90 valence electrons. The summed E-state index contributed by atoms with van der Waals surface area (Å²) in [5.41, 5.74) is 0. The van der Waals surface area contributed by atoms with Crippen LogP contribution in [0, 0.1) is 0 Å². The van der Waals surface area contributed by atoms with Gasteiger partial charge in [0.1, 0.15) is 0 Å². The molecule has 0 spiro atoms. The van der Waals surface area contributed by atoms with Crippen molar-refractivity contribution >= 4 is 51.8 Å². The van der Waals surface area contributed by atoms with Crippen LogP contribution in [-0.4, -0.2) is 22.6 Å². The van der Waals surface area contributed by atoms with Gasteiger partial charge in [-0.2, -0.15) is 0 Å². The normalized spacial score (nSPS) is 10.5. The van der Waals surface area contributed by atoms with E-state index < -0.39 is 0 Å². The van der Waals surface area contributed by atoms with Crippen LogP contribution >= 0.6 is 45.9 Å². The standard InChI is InChI=1S/C9H7Cl2N3OS2/c10-6-2-1-5(16-6)3-4-12-7(15)8-13-14-9(11)17-8/h1-2H,3-4H2,(H,12,15). The number of aromatic nitrogens is 2. The van der Waals surface area contributed by atoms with E-state index in [1.165, 1.54) is 11.3 Å². The number of hydrogen-bond acceptors (Lipinski definition) is 5. The van der Waals surface area contributed by atoms with Gasteiger partial charge in [0.2, 0.25) is 9.47 Å². The molecule has 17 heavy (non-hydrogen) atoms. The van der Waals surface area contributed by atoms with Crippen LogP contribution < -0.4 is 5.32 Å². The van der Waals surface area contributed by atoms with Crippen molar-refractivity contribution in [1.82, 2.24) is 15.5 Å². The topological polar surface area (TPSA) is 54.9 Å². The molecule has 0 saturated carbocycles. The number of hydrogen-bond donors (Lipinski definition) is 1. The number of carbonyl (C=O) groups excluding carboxylic acids is 1. The van der Waals surface area contributed by atoms with E-state index >= 15 is 0 Å². The van der Waals surface area contributed by atoms with E-state index in [0.717, 1.165) is 27.0 Å². The van der Waals surface area contributed by atoms with Gasteiger partial charge in [-0.15, -0.1) is 21.5 Å². The molecular formula is C9H7Cl2N3OS2. The molecule has 0 unspecified atom stereocenters. The molecule has 1 amide bonds. The number of halogens is 2. The van der Waals surface area contributed by atoms with Gasteiger partial charge in [0.15, 0.2) is 0 Å². The Hall–Kier alpha value is -0.690. The first-order valence-electron chi connectivity index (χ1n) is 4.66. The largest absolute Gasteiger partial charge is 0.350 e. The molecule has 1 N–H and O–H groups in total. The van der Waals surface area contributed by atoms with E-state index in [9.17, 15) is 4.79 Å². The Morgan fingerprint density at radius 2 is 2.12 bits per heavy atom. The predicted octanol–water partition coefficient (Wildman–Crippen LogP) is 2.88. The van der Waals surface area contributed by atoms with Crippen molar-refractivity contribution in [2.24, 2.45) is 0 Å². The lowest BCUT2D eigenvalue weighted by Crippen LogP contribution is -2.25. The molecule has 4 nitrogen and oxygen atoms in total. The molecule has 2 aromatic rings. The lowest BCUT2D eigenvalue weighted by atomic mass is 10.3. The Balaban J connectivity index is 1.81. The molecule has 0 bridgehead atoms. The van der Waals surface area contributed by atoms with E-state index in [1.54, 1.807) is 0 Å². The third-order valence-corrected chi connectivity index (χ3v) is 4.19. The van der Waals surface area contributed by atoms with Crippen molar-refractivity contribution in [2.75, 3.05) is 6.54 Å². The number of rotatable bonds is 4. The van der Waals surface area contributed by atoms with E-state index in [4.69, 9.17) is 23.2 Å². The maximum Gasteiger partial charge on any atom is 0.282 e. The maximum absolute atomic E-state index is 11.6. The second-order valence-electron chi connectivity index (χ2n) is 3.07. The first-order valence-corrected chi connectivity index (χ1v) is 7.05. The molecule has 2 rings (SSSR count). The van der Waals surface area contributed by atoms with Crippen molar-refractivity contribution < 1.29 is 4.79 Å². The van der Waals surface area contributed by atoms with Gasteiger partial charge in [0.05, 0.1) is 4.34 Å². The minimum Gasteiger partial charge on any atom is -0.350 e. The smallest absolute Gasteiger partial charge is 0.282 e. The van der Waals surface area contributed by atoms with Gasteiger partial charge in [-0.3, -0.25) is 4.79 Å². The minimum atomic E-state index is -0.253. The van der Waals surface area contributed by atoms with E-state index in [-0.39, 0.29) is 15.4 Å². The Kier molecular flexibility index (Phi) is 4.33. The van der Waals surface area contributed by atoms with Gasteiger partial charge in [-0.1, -0.05) is 22.9 Å². The molecule has 0 aromatic carbocycles. The summed E-state index contributed by atoms with van der Waals surface area (Å²) in [4.78, 5) is 12.7. The van der Waals surface area contributed by atoms with Crippen molar-refractivity contribution in [3.8, 4) is 0 Å². The van der Waals surface area contributed by atoms with Crippen molar-refractivity contribution in [3.63, 3.8) is 0 Å².